The lowest BCUT2D eigenvalue weighted by Gasteiger charge is -2.36. The maximum atomic E-state index is 13.1. The minimum absolute atomic E-state index is 0.0549. The van der Waals surface area contributed by atoms with E-state index in [0.717, 1.165) is 31.4 Å². The lowest BCUT2D eigenvalue weighted by molar-refractivity contribution is -0.124. The Bertz CT molecular complexity index is 1030. The summed E-state index contributed by atoms with van der Waals surface area (Å²) < 4.78 is 5.44. The summed E-state index contributed by atoms with van der Waals surface area (Å²) in [5.74, 6) is 0.265. The van der Waals surface area contributed by atoms with Crippen molar-refractivity contribution in [3.8, 4) is 5.75 Å². The Hall–Kier alpha value is -3.55. The second-order valence-corrected chi connectivity index (χ2v) is 9.05. The van der Waals surface area contributed by atoms with Gasteiger partial charge in [-0.25, -0.2) is 4.79 Å². The summed E-state index contributed by atoms with van der Waals surface area (Å²) >= 11 is 0. The first-order chi connectivity index (χ1) is 17.0. The molecule has 2 aromatic carbocycles. The largest absolute Gasteiger partial charge is 0.494 e. The quantitative estimate of drug-likeness (QED) is 0.630. The van der Waals surface area contributed by atoms with Crippen LogP contribution in [0.1, 0.15) is 51.9 Å². The molecule has 2 N–H and O–H groups in total. The molecular formula is C27H34N4O4. The Kier molecular flexibility index (Phi) is 8.23. The zero-order valence-corrected chi connectivity index (χ0v) is 20.3. The molecule has 0 atom stereocenters. The number of nitrogens with zero attached hydrogens (tertiary/aromatic N) is 2. The van der Waals surface area contributed by atoms with Crippen molar-refractivity contribution in [1.82, 2.24) is 5.32 Å². The van der Waals surface area contributed by atoms with Crippen molar-refractivity contribution < 1.29 is 19.1 Å². The van der Waals surface area contributed by atoms with Crippen LogP contribution in [0.25, 0.3) is 0 Å². The van der Waals surface area contributed by atoms with Gasteiger partial charge in [-0.3, -0.25) is 19.4 Å². The molecule has 1 aliphatic carbocycles. The third kappa shape index (κ3) is 6.32. The van der Waals surface area contributed by atoms with Crippen molar-refractivity contribution in [3.63, 3.8) is 0 Å². The van der Waals surface area contributed by atoms with E-state index in [4.69, 9.17) is 4.74 Å². The van der Waals surface area contributed by atoms with E-state index in [0.29, 0.717) is 23.7 Å². The number of hydrogen-bond acceptors (Lipinski definition) is 4. The molecule has 0 saturated heterocycles. The van der Waals surface area contributed by atoms with E-state index in [1.54, 1.807) is 42.5 Å². The molecule has 0 radical (unpaired) electrons. The van der Waals surface area contributed by atoms with E-state index in [1.165, 1.54) is 29.1 Å². The van der Waals surface area contributed by atoms with E-state index in [-0.39, 0.29) is 30.9 Å². The zero-order chi connectivity index (χ0) is 24.6. The summed E-state index contributed by atoms with van der Waals surface area (Å²) in [6.45, 7) is 2.27. The van der Waals surface area contributed by atoms with Gasteiger partial charge in [-0.15, -0.1) is 0 Å². The van der Waals surface area contributed by atoms with Gasteiger partial charge < -0.3 is 15.4 Å². The summed E-state index contributed by atoms with van der Waals surface area (Å²) in [5, 5.41) is 5.97. The van der Waals surface area contributed by atoms with Crippen molar-refractivity contribution in [2.75, 3.05) is 34.8 Å². The Labute approximate surface area is 206 Å². The van der Waals surface area contributed by atoms with E-state index in [9.17, 15) is 14.4 Å². The van der Waals surface area contributed by atoms with Gasteiger partial charge in [0.15, 0.2) is 0 Å². The molecule has 35 heavy (non-hydrogen) atoms. The number of fused-ring (bicyclic) bond motifs is 1. The van der Waals surface area contributed by atoms with Crippen molar-refractivity contribution in [3.05, 3.63) is 48.5 Å². The number of nitrogens with one attached hydrogen (secondary N) is 2. The highest BCUT2D eigenvalue weighted by Gasteiger charge is 2.33. The first-order valence-electron chi connectivity index (χ1n) is 12.6. The third-order valence-electron chi connectivity index (χ3n) is 6.49. The zero-order valence-electron chi connectivity index (χ0n) is 20.3. The smallest absolute Gasteiger partial charge is 0.326 e. The molecule has 186 valence electrons. The Balaban J connectivity index is 1.44. The van der Waals surface area contributed by atoms with Gasteiger partial charge in [-0.05, 0) is 56.2 Å². The van der Waals surface area contributed by atoms with Gasteiger partial charge in [-0.1, -0.05) is 44.2 Å². The van der Waals surface area contributed by atoms with Crippen LogP contribution in [0.5, 0.6) is 5.75 Å². The molecule has 2 aromatic rings. The minimum Gasteiger partial charge on any atom is -0.494 e. The average Bonchev–Trinajstić information content (AvgIpc) is 2.83. The predicted octanol–water partition coefficient (Wildman–Crippen LogP) is 4.70. The van der Waals surface area contributed by atoms with Crippen LogP contribution in [-0.2, 0) is 9.59 Å². The number of ether oxygens (including phenoxy) is 1. The molecule has 4 amide bonds. The molecule has 4 rings (SSSR count). The summed E-state index contributed by atoms with van der Waals surface area (Å²) in [5.41, 5.74) is 1.75. The second kappa shape index (κ2) is 11.7. The monoisotopic (exact) mass is 478 g/mol. The Morgan fingerprint density at radius 3 is 2.29 bits per heavy atom. The number of hydrogen-bond donors (Lipinski definition) is 2. The summed E-state index contributed by atoms with van der Waals surface area (Å²) in [4.78, 5) is 41.9. The highest BCUT2D eigenvalue weighted by molar-refractivity contribution is 6.15. The molecule has 1 aliphatic heterocycles. The predicted molar refractivity (Wildman–Crippen MR) is 137 cm³/mol. The standard InChI is InChI=1S/C27H34N4O4/c1-2-35-22-16-14-21(15-17-22)29-27(34)31-19-26(33)30(23-12-8-9-13-24(23)31)18-25(32)28-20-10-6-4-3-5-7-11-20/h8-9,12-17,20H,2-7,10-11,18-19H2,1H3,(H,28,32)(H,29,34). The number of amides is 4. The van der Waals surface area contributed by atoms with Gasteiger partial charge in [0.25, 0.3) is 0 Å². The minimum atomic E-state index is -0.409. The molecule has 0 bridgehead atoms. The van der Waals surface area contributed by atoms with Crippen molar-refractivity contribution >= 4 is 34.9 Å². The second-order valence-electron chi connectivity index (χ2n) is 9.05. The molecule has 0 spiro atoms. The van der Waals surface area contributed by atoms with E-state index in [1.807, 2.05) is 13.0 Å². The third-order valence-corrected chi connectivity index (χ3v) is 6.49. The molecule has 8 nitrogen and oxygen atoms in total. The van der Waals surface area contributed by atoms with Crippen LogP contribution in [0.4, 0.5) is 21.9 Å². The molecule has 1 saturated carbocycles. The fourth-order valence-corrected chi connectivity index (χ4v) is 4.72. The van der Waals surface area contributed by atoms with Crippen LogP contribution in [0.2, 0.25) is 0 Å². The lowest BCUT2D eigenvalue weighted by Crippen LogP contribution is -2.52. The highest BCUT2D eigenvalue weighted by atomic mass is 16.5. The van der Waals surface area contributed by atoms with Crippen molar-refractivity contribution in [2.24, 2.45) is 0 Å². The van der Waals surface area contributed by atoms with Crippen LogP contribution in [0.3, 0.4) is 0 Å². The number of rotatable bonds is 6. The van der Waals surface area contributed by atoms with E-state index >= 15 is 0 Å². The Morgan fingerprint density at radius 2 is 1.60 bits per heavy atom. The average molecular weight is 479 g/mol. The van der Waals surface area contributed by atoms with Gasteiger partial charge in [0.2, 0.25) is 11.8 Å². The number of carbonyl (C=O) groups is 3. The maximum Gasteiger partial charge on any atom is 0.326 e. The normalized spacial score (nSPS) is 16.7. The van der Waals surface area contributed by atoms with E-state index in [2.05, 4.69) is 10.6 Å². The lowest BCUT2D eigenvalue weighted by atomic mass is 9.97. The summed E-state index contributed by atoms with van der Waals surface area (Å²) in [6, 6.07) is 14.0. The summed E-state index contributed by atoms with van der Waals surface area (Å²) in [6.07, 6.45) is 7.88. The van der Waals surface area contributed by atoms with Crippen LogP contribution in [-0.4, -0.2) is 43.6 Å². The Morgan fingerprint density at radius 1 is 0.943 bits per heavy atom. The topological polar surface area (TPSA) is 91.0 Å². The van der Waals surface area contributed by atoms with E-state index < -0.39 is 6.03 Å². The van der Waals surface area contributed by atoms with Crippen LogP contribution in [0.15, 0.2) is 48.5 Å². The van der Waals surface area contributed by atoms with Crippen molar-refractivity contribution in [1.29, 1.82) is 0 Å². The highest BCUT2D eigenvalue weighted by Crippen LogP contribution is 2.33. The molecular weight excluding hydrogens is 444 g/mol. The molecule has 2 aliphatic rings. The number of para-hydroxylation sites is 2. The molecule has 0 aromatic heterocycles. The molecule has 1 fully saturated rings. The van der Waals surface area contributed by atoms with Gasteiger partial charge in [0, 0.05) is 11.7 Å². The molecule has 0 unspecified atom stereocenters. The van der Waals surface area contributed by atoms with Gasteiger partial charge in [0.1, 0.15) is 18.8 Å². The van der Waals surface area contributed by atoms with Gasteiger partial charge in [-0.2, -0.15) is 0 Å². The number of urea groups is 1. The van der Waals surface area contributed by atoms with Crippen LogP contribution < -0.4 is 25.2 Å². The first-order valence-corrected chi connectivity index (χ1v) is 12.6. The molecule has 8 heteroatoms. The summed E-state index contributed by atoms with van der Waals surface area (Å²) in [7, 11) is 0. The van der Waals surface area contributed by atoms with Crippen LogP contribution in [0, 0.1) is 0 Å². The fraction of sp³-hybridized carbons (Fsp3) is 0.444. The van der Waals surface area contributed by atoms with Crippen LogP contribution >= 0.6 is 0 Å². The van der Waals surface area contributed by atoms with Crippen molar-refractivity contribution in [2.45, 2.75) is 57.9 Å². The number of benzene rings is 2. The van der Waals surface area contributed by atoms with Gasteiger partial charge >= 0.3 is 6.03 Å². The SMILES string of the molecule is CCOc1ccc(NC(=O)N2CC(=O)N(CC(=O)NC3CCCCCCC3)c3ccccc32)cc1. The maximum absolute atomic E-state index is 13.1. The fourth-order valence-electron chi connectivity index (χ4n) is 4.72. The first kappa shape index (κ1) is 24.6. The molecule has 1 heterocycles. The van der Waals surface area contributed by atoms with Gasteiger partial charge in [0.05, 0.1) is 18.0 Å². The number of carbonyl (C=O) groups excluding carboxylic acids is 3. The number of anilines is 3.